The van der Waals surface area contributed by atoms with Gasteiger partial charge in [-0.05, 0) is 37.2 Å². The van der Waals surface area contributed by atoms with Crippen molar-refractivity contribution in [1.29, 1.82) is 5.26 Å². The number of alkyl halides is 3. The van der Waals surface area contributed by atoms with Crippen LogP contribution >= 0.6 is 12.2 Å². The van der Waals surface area contributed by atoms with Crippen LogP contribution in [0, 0.1) is 22.7 Å². The maximum atomic E-state index is 13.3. The van der Waals surface area contributed by atoms with Gasteiger partial charge in [-0.3, -0.25) is 15.6 Å². The molecule has 130 valence electrons. The second-order valence-corrected chi connectivity index (χ2v) is 5.83. The Labute approximate surface area is 143 Å². The molecule has 0 spiro atoms. The third-order valence-electron chi connectivity index (χ3n) is 3.20. The van der Waals surface area contributed by atoms with E-state index in [4.69, 9.17) is 17.5 Å². The Morgan fingerprint density at radius 3 is 2.67 bits per heavy atom. The summed E-state index contributed by atoms with van der Waals surface area (Å²) in [5.74, 6) is -0.797. The fourth-order valence-electron chi connectivity index (χ4n) is 1.75. The van der Waals surface area contributed by atoms with Gasteiger partial charge in [-0.25, -0.2) is 0 Å². The molecule has 0 bridgehead atoms. The number of nitrogens with zero attached hydrogens (tertiary/aromatic N) is 1. The Morgan fingerprint density at radius 2 is 2.08 bits per heavy atom. The van der Waals surface area contributed by atoms with E-state index in [2.05, 4.69) is 16.2 Å². The van der Waals surface area contributed by atoms with Gasteiger partial charge in [0.25, 0.3) is 5.91 Å². The summed E-state index contributed by atoms with van der Waals surface area (Å²) in [5.41, 5.74) is 2.46. The van der Waals surface area contributed by atoms with Crippen LogP contribution in [0.1, 0.15) is 20.3 Å². The topological polar surface area (TPSA) is 76.9 Å². The number of carbonyl (C=O) groups excluding carboxylic acids is 1. The van der Waals surface area contributed by atoms with E-state index >= 15 is 0 Å². The molecule has 0 aromatic carbocycles. The Hall–Kier alpha value is -2.34. The molecule has 1 aliphatic carbocycles. The normalized spacial score (nSPS) is 23.3. The molecule has 2 unspecified atom stereocenters. The van der Waals surface area contributed by atoms with Gasteiger partial charge in [0.2, 0.25) is 0 Å². The number of thiocarbonyl (C=S) groups is 1. The van der Waals surface area contributed by atoms with E-state index < -0.39 is 17.5 Å². The van der Waals surface area contributed by atoms with Crippen molar-refractivity contribution >= 4 is 23.2 Å². The first kappa shape index (κ1) is 19.7. The lowest BCUT2D eigenvalue weighted by molar-refractivity contribution is -0.183. The van der Waals surface area contributed by atoms with E-state index in [1.54, 1.807) is 19.1 Å². The molecule has 0 heterocycles. The minimum atomic E-state index is -4.47. The average molecular weight is 358 g/mol. The van der Waals surface area contributed by atoms with Crippen molar-refractivity contribution in [3.63, 3.8) is 0 Å². The van der Waals surface area contributed by atoms with Gasteiger partial charge in [-0.15, -0.1) is 0 Å². The number of allylic oxidation sites excluding steroid dienone is 5. The first-order valence-electron chi connectivity index (χ1n) is 6.97. The molecule has 0 saturated carbocycles. The highest BCUT2D eigenvalue weighted by Crippen LogP contribution is 2.42. The number of hydrazine groups is 1. The van der Waals surface area contributed by atoms with Gasteiger partial charge in [0.15, 0.2) is 5.11 Å². The summed E-state index contributed by atoms with van der Waals surface area (Å²) in [5, 5.41) is 10.9. The minimum Gasteiger partial charge on any atom is -0.332 e. The van der Waals surface area contributed by atoms with Crippen molar-refractivity contribution < 1.29 is 18.0 Å². The molecule has 0 aromatic heterocycles. The first-order chi connectivity index (χ1) is 11.1. The zero-order valence-electron chi connectivity index (χ0n) is 13.1. The van der Waals surface area contributed by atoms with Crippen LogP contribution in [0.2, 0.25) is 0 Å². The van der Waals surface area contributed by atoms with Gasteiger partial charge < -0.3 is 5.32 Å². The van der Waals surface area contributed by atoms with Gasteiger partial charge in [0.1, 0.15) is 11.8 Å². The standard InChI is InChI=1S/C15H17F3N4OS/c1-10-3-4-11(9-14(2,7-5-10)15(16,17)18)20-13(24)22-21-12(23)6-8-19/h3-5,7,9-10H,6H2,1-2H3,(H,21,23)(H2,20,22,24). The lowest BCUT2D eigenvalue weighted by atomic mass is 9.85. The zero-order chi connectivity index (χ0) is 18.4. The summed E-state index contributed by atoms with van der Waals surface area (Å²) in [6, 6.07) is 1.65. The van der Waals surface area contributed by atoms with E-state index in [0.29, 0.717) is 0 Å². The maximum Gasteiger partial charge on any atom is 0.401 e. The lowest BCUT2D eigenvalue weighted by Gasteiger charge is -2.28. The molecule has 0 fully saturated rings. The molecule has 0 aromatic rings. The van der Waals surface area contributed by atoms with Gasteiger partial charge in [0.05, 0.1) is 6.07 Å². The SMILES string of the molecule is CC1C=CC(NC(=S)NNC(=O)CC#N)=CC(C)(C(F)(F)F)C=C1. The summed E-state index contributed by atoms with van der Waals surface area (Å²) < 4.78 is 40.0. The molecule has 0 aliphatic heterocycles. The number of hydrogen-bond acceptors (Lipinski definition) is 3. The quantitative estimate of drug-likeness (QED) is 0.402. The molecule has 24 heavy (non-hydrogen) atoms. The number of nitrogens with one attached hydrogen (secondary N) is 3. The van der Waals surface area contributed by atoms with Gasteiger partial charge in [0, 0.05) is 5.70 Å². The fraction of sp³-hybridized carbons (Fsp3) is 0.400. The van der Waals surface area contributed by atoms with Crippen LogP contribution in [0.5, 0.6) is 0 Å². The van der Waals surface area contributed by atoms with E-state index in [1.165, 1.54) is 12.2 Å². The van der Waals surface area contributed by atoms with E-state index in [9.17, 15) is 18.0 Å². The highest BCUT2D eigenvalue weighted by molar-refractivity contribution is 7.80. The Balaban J connectivity index is 2.91. The van der Waals surface area contributed by atoms with Crippen molar-refractivity contribution in [2.75, 3.05) is 0 Å². The Morgan fingerprint density at radius 1 is 1.42 bits per heavy atom. The van der Waals surface area contributed by atoms with Crippen LogP contribution in [-0.4, -0.2) is 17.2 Å². The molecule has 0 saturated heterocycles. The van der Waals surface area contributed by atoms with Crippen LogP contribution in [0.3, 0.4) is 0 Å². The number of halogens is 3. The fourth-order valence-corrected chi connectivity index (χ4v) is 1.92. The molecule has 5 nitrogen and oxygen atoms in total. The third kappa shape index (κ3) is 5.70. The second-order valence-electron chi connectivity index (χ2n) is 5.42. The third-order valence-corrected chi connectivity index (χ3v) is 3.41. The molecule has 9 heteroatoms. The summed E-state index contributed by atoms with van der Waals surface area (Å²) in [6.45, 7) is 2.81. The van der Waals surface area contributed by atoms with Crippen LogP contribution in [0.25, 0.3) is 0 Å². The van der Waals surface area contributed by atoms with Crippen molar-refractivity contribution in [3.05, 3.63) is 36.1 Å². The Kier molecular flexibility index (Phi) is 6.54. The van der Waals surface area contributed by atoms with Crippen molar-refractivity contribution in [2.24, 2.45) is 11.3 Å². The van der Waals surface area contributed by atoms with E-state index in [1.807, 2.05) is 0 Å². The molecule has 1 aliphatic rings. The molecular weight excluding hydrogens is 341 g/mol. The number of rotatable bonds is 2. The van der Waals surface area contributed by atoms with E-state index in [0.717, 1.165) is 19.1 Å². The lowest BCUT2D eigenvalue weighted by Crippen LogP contribution is -2.46. The zero-order valence-corrected chi connectivity index (χ0v) is 13.9. The molecule has 1 rings (SSSR count). The van der Waals surface area contributed by atoms with Crippen molar-refractivity contribution in [3.8, 4) is 6.07 Å². The highest BCUT2D eigenvalue weighted by Gasteiger charge is 2.48. The van der Waals surface area contributed by atoms with Crippen LogP contribution in [-0.2, 0) is 4.79 Å². The van der Waals surface area contributed by atoms with E-state index in [-0.39, 0.29) is 23.1 Å². The van der Waals surface area contributed by atoms with Gasteiger partial charge in [-0.2, -0.15) is 18.4 Å². The number of carbonyl (C=O) groups is 1. The molecule has 2 atom stereocenters. The predicted octanol–water partition coefficient (Wildman–Crippen LogP) is 2.61. The smallest absolute Gasteiger partial charge is 0.332 e. The monoisotopic (exact) mass is 358 g/mol. The highest BCUT2D eigenvalue weighted by atomic mass is 32.1. The van der Waals surface area contributed by atoms with Crippen LogP contribution in [0.4, 0.5) is 13.2 Å². The maximum absolute atomic E-state index is 13.3. The summed E-state index contributed by atoms with van der Waals surface area (Å²) in [4.78, 5) is 11.1. The van der Waals surface area contributed by atoms with Crippen LogP contribution in [0.15, 0.2) is 36.1 Å². The van der Waals surface area contributed by atoms with Crippen molar-refractivity contribution in [1.82, 2.24) is 16.2 Å². The summed E-state index contributed by atoms with van der Waals surface area (Å²) >= 11 is 4.92. The molecule has 1 amide bonds. The van der Waals surface area contributed by atoms with Gasteiger partial charge >= 0.3 is 6.18 Å². The number of amides is 1. The second kappa shape index (κ2) is 7.97. The molecule has 3 N–H and O–H groups in total. The van der Waals surface area contributed by atoms with Gasteiger partial charge in [-0.1, -0.05) is 25.2 Å². The average Bonchev–Trinajstić information content (AvgIpc) is 2.46. The minimum absolute atomic E-state index is 0.0982. The first-order valence-corrected chi connectivity index (χ1v) is 7.38. The largest absolute Gasteiger partial charge is 0.401 e. The predicted molar refractivity (Wildman–Crippen MR) is 86.9 cm³/mol. The Bertz CT molecular complexity index is 634. The molecular formula is C15H17F3N4OS. The molecule has 0 radical (unpaired) electrons. The number of hydrogen-bond donors (Lipinski definition) is 3. The van der Waals surface area contributed by atoms with Crippen molar-refractivity contribution in [2.45, 2.75) is 26.4 Å². The summed E-state index contributed by atoms with van der Waals surface area (Å²) in [7, 11) is 0. The number of nitriles is 1. The van der Waals surface area contributed by atoms with Crippen LogP contribution < -0.4 is 16.2 Å². The summed E-state index contributed by atoms with van der Waals surface area (Å²) in [6.07, 6.45) is 1.95.